The number of hydrogen-bond acceptors (Lipinski definition) is 17. The predicted molar refractivity (Wildman–Crippen MR) is 492 cm³/mol. The molecule has 0 spiro atoms. The number of carbonyl (C=O) groups is 4. The first-order valence-corrected chi connectivity index (χ1v) is 49.0. The molecule has 23 heteroatoms. The number of carbonyl (C=O) groups excluding carboxylic acids is 4. The maximum Gasteiger partial charge on any atom is 0.315 e. The third kappa shape index (κ3) is 51.4. The van der Waals surface area contributed by atoms with Gasteiger partial charge in [-0.15, -0.1) is 0 Å². The van der Waals surface area contributed by atoms with Gasteiger partial charge in [-0.25, -0.2) is 9.59 Å². The molecule has 0 aliphatic carbocycles. The molecule has 2 heterocycles. The van der Waals surface area contributed by atoms with Gasteiger partial charge in [-0.2, -0.15) is 0 Å². The summed E-state index contributed by atoms with van der Waals surface area (Å²) in [7, 11) is 0. The number of benzene rings is 3. The Kier molecular flexibility index (Phi) is 64.8. The van der Waals surface area contributed by atoms with E-state index in [4.69, 9.17) is 33.2 Å². The van der Waals surface area contributed by atoms with E-state index in [1.165, 1.54) is 199 Å². The first kappa shape index (κ1) is 110. The molecule has 706 valence electrons. The lowest BCUT2D eigenvalue weighted by Crippen LogP contribution is -2.60. The predicted octanol–water partition coefficient (Wildman–Crippen LogP) is 18.4. The fraction of sp³-hybridized carbons (Fsp3) is 0.780. The van der Waals surface area contributed by atoms with Crippen LogP contribution in [0.1, 0.15) is 348 Å². The lowest BCUT2D eigenvalue weighted by Gasteiger charge is -2.44. The Morgan fingerprint density at radius 1 is 0.382 bits per heavy atom. The molecule has 2 fully saturated rings. The van der Waals surface area contributed by atoms with Gasteiger partial charge >= 0.3 is 12.1 Å². The monoisotopic (exact) mass is 1730 g/mol. The molecule has 2 saturated heterocycles. The Morgan fingerprint density at radius 3 is 1.16 bits per heavy atom. The van der Waals surface area contributed by atoms with E-state index < -0.39 is 92.5 Å². The second-order valence-corrected chi connectivity index (χ2v) is 35.2. The van der Waals surface area contributed by atoms with Crippen molar-refractivity contribution in [1.29, 1.82) is 0 Å². The molecular formula is C100H174N6O17. The van der Waals surface area contributed by atoms with Crippen molar-refractivity contribution < 1.29 is 83.0 Å². The van der Waals surface area contributed by atoms with Crippen molar-refractivity contribution in [2.75, 3.05) is 52.6 Å². The molecule has 2 aliphatic rings. The number of hydrogen-bond donors (Lipinski definition) is 12. The van der Waals surface area contributed by atoms with Crippen molar-refractivity contribution in [3.8, 4) is 0 Å². The molecule has 2 aliphatic heterocycles. The normalized spacial score (nSPS) is 20.4. The molecule has 0 saturated carbocycles. The van der Waals surface area contributed by atoms with E-state index in [0.717, 1.165) is 87.3 Å². The van der Waals surface area contributed by atoms with Crippen molar-refractivity contribution in [3.05, 3.63) is 108 Å². The Hall–Kier alpha value is -5.38. The number of ether oxygens (including phenoxy) is 7. The Morgan fingerprint density at radius 2 is 0.740 bits per heavy atom. The first-order valence-electron chi connectivity index (χ1n) is 49.0. The van der Waals surface area contributed by atoms with E-state index in [-0.39, 0.29) is 55.7 Å². The zero-order valence-electron chi connectivity index (χ0n) is 77.5. The molecule has 0 bridgehead atoms. The molecule has 0 radical (unpaired) electrons. The number of urea groups is 2. The van der Waals surface area contributed by atoms with Crippen molar-refractivity contribution in [3.63, 3.8) is 0 Å². The van der Waals surface area contributed by atoms with Crippen molar-refractivity contribution in [1.82, 2.24) is 31.9 Å². The van der Waals surface area contributed by atoms with Crippen LogP contribution in [-0.2, 0) is 62.6 Å². The minimum Gasteiger partial charge on any atom is -0.394 e. The van der Waals surface area contributed by atoms with Gasteiger partial charge in [0.2, 0.25) is 11.8 Å². The van der Waals surface area contributed by atoms with E-state index in [9.17, 15) is 49.8 Å². The van der Waals surface area contributed by atoms with Crippen LogP contribution in [0.4, 0.5) is 9.59 Å². The van der Waals surface area contributed by atoms with Gasteiger partial charge in [0.05, 0.1) is 89.7 Å². The highest BCUT2D eigenvalue weighted by atomic mass is 16.7. The zero-order chi connectivity index (χ0) is 89.0. The van der Waals surface area contributed by atoms with E-state index in [1.807, 2.05) is 54.6 Å². The largest absolute Gasteiger partial charge is 0.394 e. The summed E-state index contributed by atoms with van der Waals surface area (Å²) in [5, 5.41) is 78.8. The SMILES string of the molecule is CCCCCCCCCCCCCC[C@@H](O)[C@@H](O)[C@H](CO[C@H]1OC(CO)[C@H](O)[C@H](O)C1O)NC(=O)CNC(=O)NCCCCCCCCCCC.CCCCCCCCCCCCCC[C@@H](OCc1ccccc1)[C@@H](OCc1ccccc1)[C@H](CO[C@H]1OC(COCc2ccccc2)[C@H](C)[C@H](C)C1C)NC(=O)CNC(=O)NCCCCCCCCCCC. The van der Waals surface area contributed by atoms with Crippen LogP contribution in [-0.4, -0.2) is 187 Å². The average molecular weight is 1730 g/mol. The summed E-state index contributed by atoms with van der Waals surface area (Å²) in [6, 6.07) is 28.0. The number of unbranched alkanes of at least 4 members (excludes halogenated alkanes) is 38. The number of nitrogens with one attached hydrogen (secondary N) is 6. The summed E-state index contributed by atoms with van der Waals surface area (Å²) < 4.78 is 44.7. The summed E-state index contributed by atoms with van der Waals surface area (Å²) in [6.45, 7) is 16.8. The fourth-order valence-corrected chi connectivity index (χ4v) is 16.2. The van der Waals surface area contributed by atoms with Gasteiger partial charge in [0.1, 0.15) is 36.6 Å². The standard InChI is InChI=1S/C62H99N3O7.C38H75N3O10/c1-6-8-10-12-14-16-17-18-19-21-23-34-42-57(69-46-54-38-30-26-31-39-54)60(70-47-55-40-32-27-33-41-55)56(65-59(66)44-64-62(67)63-43-35-24-22-20-15-13-11-9-7-2)48-71-61-52(5)50(3)51(4)58(72-61)49-68-45-53-36-28-25-29-37-53;1-3-5-7-9-11-13-14-15-16-18-20-22-24-30(43)33(45)29(28-50-37-36(48)35(47)34(46)31(27-42)51-37)41-32(44)26-40-38(49)39-25-23-21-19-17-12-10-8-6-4-2/h25-33,36-41,50-52,56-58,60-61H,6-24,34-35,42-49H2,1-5H3,(H,65,66)(H2,63,64,67);29-31,33-37,42-43,45-48H,3-28H2,1-2H3,(H,41,44)(H2,39,40,49)/t50-,51+,52?,56-,57+,58?,60-,61-;29-,30+,31?,33-,34-,35-,36?,37-/m00/s1. The second kappa shape index (κ2) is 72.5. The van der Waals surface area contributed by atoms with Gasteiger partial charge < -0.3 is 95.7 Å². The second-order valence-electron chi connectivity index (χ2n) is 35.2. The Balaban J connectivity index is 0.000000549. The quantitative estimate of drug-likeness (QED) is 0.0234. The molecule has 12 N–H and O–H groups in total. The summed E-state index contributed by atoms with van der Waals surface area (Å²) in [6.07, 6.45) is 39.6. The third-order valence-corrected chi connectivity index (χ3v) is 24.6. The van der Waals surface area contributed by atoms with Crippen LogP contribution >= 0.6 is 0 Å². The van der Waals surface area contributed by atoms with Gasteiger partial charge in [-0.05, 0) is 54.2 Å². The Labute approximate surface area is 743 Å². The summed E-state index contributed by atoms with van der Waals surface area (Å²) >= 11 is 0. The molecule has 5 rings (SSSR count). The molecule has 23 nitrogen and oxygen atoms in total. The number of aliphatic hydroxyl groups excluding tert-OH is 6. The molecule has 3 aromatic rings. The highest BCUT2D eigenvalue weighted by Gasteiger charge is 2.45. The highest BCUT2D eigenvalue weighted by molar-refractivity contribution is 5.84. The molecule has 123 heavy (non-hydrogen) atoms. The van der Waals surface area contributed by atoms with Gasteiger partial charge in [0.15, 0.2) is 12.6 Å². The highest BCUT2D eigenvalue weighted by Crippen LogP contribution is 2.37. The van der Waals surface area contributed by atoms with Gasteiger partial charge in [0, 0.05) is 19.0 Å². The minimum atomic E-state index is -1.67. The van der Waals surface area contributed by atoms with Crippen LogP contribution in [0.3, 0.4) is 0 Å². The lowest BCUT2D eigenvalue weighted by molar-refractivity contribution is -0.303. The van der Waals surface area contributed by atoms with Gasteiger partial charge in [-0.1, -0.05) is 396 Å². The van der Waals surface area contributed by atoms with E-state index >= 15 is 0 Å². The van der Waals surface area contributed by atoms with Crippen LogP contribution in [0, 0.1) is 17.8 Å². The molecule has 0 aromatic heterocycles. The van der Waals surface area contributed by atoms with Crippen LogP contribution in [0.15, 0.2) is 91.0 Å². The van der Waals surface area contributed by atoms with Gasteiger partial charge in [-0.3, -0.25) is 9.59 Å². The lowest BCUT2D eigenvalue weighted by atomic mass is 9.79. The zero-order valence-corrected chi connectivity index (χ0v) is 77.5. The van der Waals surface area contributed by atoms with Crippen LogP contribution in [0.25, 0.3) is 0 Å². The number of aliphatic hydroxyl groups is 6. The average Bonchev–Trinajstić information content (AvgIpc) is 0.835. The van der Waals surface area contributed by atoms with E-state index in [2.05, 4.69) is 117 Å². The fourth-order valence-electron chi connectivity index (χ4n) is 16.2. The van der Waals surface area contributed by atoms with Crippen LogP contribution < -0.4 is 31.9 Å². The summed E-state index contributed by atoms with van der Waals surface area (Å²) in [4.78, 5) is 52.2. The maximum absolute atomic E-state index is 14.1. The number of rotatable bonds is 73. The molecule has 6 amide bonds. The molecule has 16 atom stereocenters. The number of amides is 6. The smallest absolute Gasteiger partial charge is 0.315 e. The third-order valence-electron chi connectivity index (χ3n) is 24.6. The van der Waals surface area contributed by atoms with Crippen LogP contribution in [0.2, 0.25) is 0 Å². The topological polar surface area (TPSA) is 326 Å². The van der Waals surface area contributed by atoms with E-state index in [1.54, 1.807) is 0 Å². The summed E-state index contributed by atoms with van der Waals surface area (Å²) in [5.74, 6) is -0.343. The molecule has 3 aromatic carbocycles. The first-order chi connectivity index (χ1) is 59.9. The minimum absolute atomic E-state index is 0.0766. The van der Waals surface area contributed by atoms with Crippen molar-refractivity contribution in [2.24, 2.45) is 17.8 Å². The van der Waals surface area contributed by atoms with Crippen molar-refractivity contribution >= 4 is 23.9 Å². The van der Waals surface area contributed by atoms with Crippen LogP contribution in [0.5, 0.6) is 0 Å². The maximum atomic E-state index is 14.1. The molecular weight excluding hydrogens is 1560 g/mol. The Bertz CT molecular complexity index is 2990. The van der Waals surface area contributed by atoms with E-state index in [0.29, 0.717) is 58.3 Å². The molecule has 4 unspecified atom stereocenters. The van der Waals surface area contributed by atoms with Crippen molar-refractivity contribution in [2.45, 2.75) is 430 Å². The summed E-state index contributed by atoms with van der Waals surface area (Å²) in [5.41, 5.74) is 3.21. The van der Waals surface area contributed by atoms with Gasteiger partial charge in [0.25, 0.3) is 0 Å².